The minimum atomic E-state index is 0. The number of aryl methyl sites for hydroxylation is 3. The van der Waals surface area contributed by atoms with E-state index < -0.39 is 0 Å². The van der Waals surface area contributed by atoms with Gasteiger partial charge >= 0.3 is 21.1 Å². The van der Waals surface area contributed by atoms with E-state index in [0.717, 1.165) is 79.7 Å². The van der Waals surface area contributed by atoms with Gasteiger partial charge in [-0.25, -0.2) is 4.98 Å². The molecule has 8 rings (SSSR count). The summed E-state index contributed by atoms with van der Waals surface area (Å²) >= 11 is 0. The quantitative estimate of drug-likeness (QED) is 0.122. The summed E-state index contributed by atoms with van der Waals surface area (Å²) in [5, 5.41) is 6.96. The molecule has 3 aromatic heterocycles. The van der Waals surface area contributed by atoms with Crippen LogP contribution >= 0.6 is 0 Å². The van der Waals surface area contributed by atoms with Crippen molar-refractivity contribution >= 4 is 21.8 Å². The molecule has 53 heavy (non-hydrogen) atoms. The predicted molar refractivity (Wildman–Crippen MR) is 209 cm³/mol. The molecule has 0 unspecified atom stereocenters. The summed E-state index contributed by atoms with van der Waals surface area (Å²) in [7, 11) is 0. The zero-order chi connectivity index (χ0) is 35.6. The van der Waals surface area contributed by atoms with Crippen LogP contribution in [-0.2, 0) is 34.1 Å². The molecule has 0 N–H and O–H groups in total. The van der Waals surface area contributed by atoms with Gasteiger partial charge in [-0.05, 0) is 102 Å². The van der Waals surface area contributed by atoms with E-state index in [1.54, 1.807) is 0 Å². The molecule has 0 bridgehead atoms. The number of benzene rings is 5. The van der Waals surface area contributed by atoms with Gasteiger partial charge in [0.15, 0.2) is 0 Å². The summed E-state index contributed by atoms with van der Waals surface area (Å²) in [5.41, 5.74) is 9.63. The summed E-state index contributed by atoms with van der Waals surface area (Å²) in [5.74, 6) is 3.55. The number of aromatic nitrogens is 4. The van der Waals surface area contributed by atoms with Gasteiger partial charge in [0.2, 0.25) is 0 Å². The van der Waals surface area contributed by atoms with Gasteiger partial charge in [0, 0.05) is 35.0 Å². The van der Waals surface area contributed by atoms with E-state index in [-0.39, 0.29) is 21.1 Å². The van der Waals surface area contributed by atoms with Crippen molar-refractivity contribution in [1.82, 2.24) is 19.3 Å². The van der Waals surface area contributed by atoms with Gasteiger partial charge in [-0.15, -0.1) is 35.7 Å². The Labute approximate surface area is 325 Å². The van der Waals surface area contributed by atoms with E-state index >= 15 is 0 Å². The van der Waals surface area contributed by atoms with Crippen molar-refractivity contribution in [3.05, 3.63) is 162 Å². The molecule has 8 aromatic rings. The van der Waals surface area contributed by atoms with Crippen molar-refractivity contribution in [3.8, 4) is 39.9 Å². The van der Waals surface area contributed by atoms with Gasteiger partial charge in [-0.3, -0.25) is 4.68 Å². The van der Waals surface area contributed by atoms with Crippen molar-refractivity contribution < 1.29 is 30.5 Å². The van der Waals surface area contributed by atoms with E-state index in [1.807, 2.05) is 65.7 Å². The van der Waals surface area contributed by atoms with Crippen LogP contribution in [0.4, 0.5) is 0 Å². The van der Waals surface area contributed by atoms with E-state index in [4.69, 9.17) is 19.6 Å². The molecule has 266 valence electrons. The summed E-state index contributed by atoms with van der Waals surface area (Å²) < 4.78 is 16.6. The van der Waals surface area contributed by atoms with E-state index in [1.165, 1.54) is 5.56 Å². The van der Waals surface area contributed by atoms with Gasteiger partial charge in [-0.1, -0.05) is 67.9 Å². The summed E-state index contributed by atoms with van der Waals surface area (Å²) in [6, 6.07) is 44.0. The number of hydrogen-bond acceptors (Lipinski definition) is 4. The molecule has 0 spiro atoms. The van der Waals surface area contributed by atoms with Crippen molar-refractivity contribution in [3.63, 3.8) is 0 Å². The van der Waals surface area contributed by atoms with E-state index in [2.05, 4.69) is 111 Å². The van der Waals surface area contributed by atoms with Crippen LogP contribution in [0.3, 0.4) is 0 Å². The van der Waals surface area contributed by atoms with Crippen LogP contribution < -0.4 is 9.47 Å². The Kier molecular flexibility index (Phi) is 10.6. The van der Waals surface area contributed by atoms with Crippen molar-refractivity contribution in [2.45, 2.75) is 47.1 Å². The maximum Gasteiger partial charge on any atom is 2.00 e. The molecule has 0 atom stereocenters. The van der Waals surface area contributed by atoms with E-state index in [9.17, 15) is 0 Å². The smallest absolute Gasteiger partial charge is 0.509 e. The Balaban J connectivity index is 0.00000435. The van der Waals surface area contributed by atoms with Crippen LogP contribution in [0.1, 0.15) is 42.5 Å². The van der Waals surface area contributed by atoms with Crippen LogP contribution in [-0.4, -0.2) is 19.3 Å². The number of pyridine rings is 1. The molecule has 6 nitrogen and oxygen atoms in total. The number of ether oxygens (including phenoxy) is 2. The maximum atomic E-state index is 6.42. The monoisotopic (exact) mass is 875 g/mol. The van der Waals surface area contributed by atoms with Gasteiger partial charge in [0.1, 0.15) is 18.2 Å². The van der Waals surface area contributed by atoms with Crippen molar-refractivity contribution in [2.75, 3.05) is 0 Å². The van der Waals surface area contributed by atoms with Crippen LogP contribution in [0.25, 0.3) is 44.4 Å². The standard InChI is InChI=1S/C46H40N4O2.Pt/c1-31(2)17-18-34-21-22-47-45(25-34)50-43-16-9-8-15-41(43)42-20-19-39(27-44(42)50)52-38-14-10-13-37(26-38)49-29-36(28-48-49)46-32(3)23-40(24-33(46)4)51-30-35-11-6-5-7-12-35;/h5-16,19-25,28-29,31H,17-18,30H2,1-4H3;/q-2;+2. The minimum Gasteiger partial charge on any atom is -0.509 e. The number of fused-ring (bicyclic) bond motifs is 3. The first-order valence-corrected chi connectivity index (χ1v) is 17.8. The molecular formula is C46H40N4O2Pt. The zero-order valence-corrected chi connectivity index (χ0v) is 32.5. The van der Waals surface area contributed by atoms with Gasteiger partial charge < -0.3 is 14.0 Å². The fourth-order valence-electron chi connectivity index (χ4n) is 6.90. The average molecular weight is 876 g/mol. The van der Waals surface area contributed by atoms with Gasteiger partial charge in [0.05, 0.1) is 6.20 Å². The Morgan fingerprint density at radius 3 is 2.34 bits per heavy atom. The van der Waals surface area contributed by atoms with Crippen molar-refractivity contribution in [1.29, 1.82) is 0 Å². The number of para-hydroxylation sites is 1. The maximum absolute atomic E-state index is 6.42. The largest absolute Gasteiger partial charge is 2.00 e. The number of rotatable bonds is 11. The van der Waals surface area contributed by atoms with E-state index in [0.29, 0.717) is 24.0 Å². The third-order valence-corrected chi connectivity index (χ3v) is 9.45. The van der Waals surface area contributed by atoms with Crippen LogP contribution in [0.5, 0.6) is 17.2 Å². The molecule has 3 heterocycles. The normalized spacial score (nSPS) is 11.3. The van der Waals surface area contributed by atoms with Crippen LogP contribution in [0.2, 0.25) is 0 Å². The first-order valence-electron chi connectivity index (χ1n) is 17.8. The van der Waals surface area contributed by atoms with Crippen LogP contribution in [0.15, 0.2) is 128 Å². The summed E-state index contributed by atoms with van der Waals surface area (Å²) in [4.78, 5) is 4.81. The molecule has 0 amide bonds. The zero-order valence-electron chi connectivity index (χ0n) is 30.2. The third kappa shape index (κ3) is 7.70. The second kappa shape index (κ2) is 15.7. The fourth-order valence-corrected chi connectivity index (χ4v) is 6.90. The Morgan fingerprint density at radius 2 is 1.53 bits per heavy atom. The minimum absolute atomic E-state index is 0. The topological polar surface area (TPSA) is 54.1 Å². The van der Waals surface area contributed by atoms with Gasteiger partial charge in [0.25, 0.3) is 0 Å². The summed E-state index contributed by atoms with van der Waals surface area (Å²) in [6.45, 7) is 9.28. The molecule has 5 aromatic carbocycles. The molecule has 0 saturated heterocycles. The molecule has 0 aliphatic rings. The van der Waals surface area contributed by atoms with Gasteiger partial charge in [-0.2, -0.15) is 17.2 Å². The first kappa shape index (κ1) is 35.9. The molecule has 7 heteroatoms. The second-order valence-electron chi connectivity index (χ2n) is 13.8. The molecular weight excluding hydrogens is 836 g/mol. The molecule has 0 aliphatic heterocycles. The predicted octanol–water partition coefficient (Wildman–Crippen LogP) is 11.2. The molecule has 0 saturated carbocycles. The van der Waals surface area contributed by atoms with Crippen molar-refractivity contribution in [2.24, 2.45) is 5.92 Å². The number of nitrogens with zero attached hydrogens (tertiary/aromatic N) is 4. The SMILES string of the molecule is Cc1cc(OCc2ccccc2)cc(C)c1-c1cnn(-c2[c-]c(Oc3[c-]c4c(cc3)c3ccccc3n4-c3cc(CCC(C)C)ccn3)ccc2)c1.[Pt+2]. The average Bonchev–Trinajstić information content (AvgIpc) is 3.77. The summed E-state index contributed by atoms with van der Waals surface area (Å²) in [6.07, 6.45) is 7.99. The third-order valence-electron chi connectivity index (χ3n) is 9.45. The molecule has 0 aliphatic carbocycles. The Morgan fingerprint density at radius 1 is 0.755 bits per heavy atom. The van der Waals surface area contributed by atoms with Crippen LogP contribution in [0, 0.1) is 31.9 Å². The molecule has 0 fully saturated rings. The first-order chi connectivity index (χ1) is 25.4. The fraction of sp³-hybridized carbons (Fsp3) is 0.174. The Hall–Kier alpha value is -5.45. The molecule has 0 radical (unpaired) electrons. The number of hydrogen-bond donors (Lipinski definition) is 0. The Bertz CT molecular complexity index is 2490. The second-order valence-corrected chi connectivity index (χ2v) is 13.8.